The zero-order valence-electron chi connectivity index (χ0n) is 10.6. The summed E-state index contributed by atoms with van der Waals surface area (Å²) in [4.78, 5) is 4.16. The molecule has 0 atom stereocenters. The van der Waals surface area contributed by atoms with Gasteiger partial charge >= 0.3 is 0 Å². The maximum atomic E-state index is 9.59. The molecule has 0 bridgehead atoms. The quantitative estimate of drug-likeness (QED) is 0.880. The Morgan fingerprint density at radius 3 is 2.83 bits per heavy atom. The van der Waals surface area contributed by atoms with E-state index in [2.05, 4.69) is 23.9 Å². The van der Waals surface area contributed by atoms with Crippen LogP contribution in [0.15, 0.2) is 30.6 Å². The van der Waals surface area contributed by atoms with Gasteiger partial charge in [0.05, 0.1) is 0 Å². The van der Waals surface area contributed by atoms with Gasteiger partial charge in [0.2, 0.25) is 0 Å². The van der Waals surface area contributed by atoms with Gasteiger partial charge in [-0.05, 0) is 18.1 Å². The van der Waals surface area contributed by atoms with E-state index in [0.29, 0.717) is 18.3 Å². The maximum Gasteiger partial charge on any atom is 0.164 e. The van der Waals surface area contributed by atoms with Gasteiger partial charge in [0.1, 0.15) is 12.9 Å². The minimum Gasteiger partial charge on any atom is -0.504 e. The van der Waals surface area contributed by atoms with Crippen molar-refractivity contribution in [1.82, 2.24) is 14.8 Å². The Bertz CT molecular complexity index is 508. The van der Waals surface area contributed by atoms with Crippen molar-refractivity contribution in [3.63, 3.8) is 0 Å². The molecule has 0 aliphatic heterocycles. The van der Waals surface area contributed by atoms with Crippen molar-refractivity contribution < 1.29 is 9.84 Å². The Morgan fingerprint density at radius 1 is 1.33 bits per heavy atom. The van der Waals surface area contributed by atoms with E-state index in [-0.39, 0.29) is 5.75 Å². The van der Waals surface area contributed by atoms with Crippen LogP contribution in [0.2, 0.25) is 0 Å². The summed E-state index contributed by atoms with van der Waals surface area (Å²) >= 11 is 0. The lowest BCUT2D eigenvalue weighted by Crippen LogP contribution is -2.12. The summed E-state index contributed by atoms with van der Waals surface area (Å²) in [5, 5.41) is 13.7. The van der Waals surface area contributed by atoms with Gasteiger partial charge in [-0.2, -0.15) is 5.10 Å². The number of nitrogens with zero attached hydrogens (tertiary/aromatic N) is 3. The number of phenols is 1. The number of aromatic hydroxyl groups is 1. The fourth-order valence-corrected chi connectivity index (χ4v) is 1.62. The second kappa shape index (κ2) is 5.53. The van der Waals surface area contributed by atoms with Crippen molar-refractivity contribution in [2.45, 2.75) is 27.0 Å². The normalized spacial score (nSPS) is 10.8. The summed E-state index contributed by atoms with van der Waals surface area (Å²) in [5.74, 6) is 1.84. The van der Waals surface area contributed by atoms with Crippen molar-refractivity contribution in [3.8, 4) is 11.5 Å². The second-order valence-electron chi connectivity index (χ2n) is 4.51. The van der Waals surface area contributed by atoms with Crippen molar-refractivity contribution in [2.75, 3.05) is 0 Å². The summed E-state index contributed by atoms with van der Waals surface area (Å²) in [6.07, 6.45) is 1.52. The van der Waals surface area contributed by atoms with Crippen LogP contribution < -0.4 is 4.74 Å². The fraction of sp³-hybridized carbons (Fsp3) is 0.385. The Morgan fingerprint density at radius 2 is 2.11 bits per heavy atom. The van der Waals surface area contributed by atoms with Gasteiger partial charge in [0.25, 0.3) is 0 Å². The van der Waals surface area contributed by atoms with Crippen LogP contribution in [0.3, 0.4) is 0 Å². The smallest absolute Gasteiger partial charge is 0.164 e. The molecule has 0 fully saturated rings. The third-order valence-corrected chi connectivity index (χ3v) is 2.46. The number of hydrogen-bond donors (Lipinski definition) is 1. The number of ether oxygens (including phenoxy) is 1. The van der Waals surface area contributed by atoms with E-state index in [1.807, 2.05) is 10.7 Å². The molecule has 0 unspecified atom stereocenters. The van der Waals surface area contributed by atoms with Gasteiger partial charge in [0.15, 0.2) is 17.3 Å². The van der Waals surface area contributed by atoms with Crippen molar-refractivity contribution >= 4 is 0 Å². The molecule has 1 aromatic carbocycles. The van der Waals surface area contributed by atoms with Crippen molar-refractivity contribution in [2.24, 2.45) is 5.92 Å². The van der Waals surface area contributed by atoms with E-state index in [9.17, 15) is 5.11 Å². The molecule has 1 aromatic heterocycles. The molecule has 18 heavy (non-hydrogen) atoms. The van der Waals surface area contributed by atoms with E-state index in [0.717, 1.165) is 12.4 Å². The zero-order chi connectivity index (χ0) is 13.0. The van der Waals surface area contributed by atoms with Crippen LogP contribution in [0, 0.1) is 5.92 Å². The first-order valence-corrected chi connectivity index (χ1v) is 5.94. The standard InChI is InChI=1S/C13H17N3O2/c1-10(2)7-16-13(14-9-15-16)8-18-12-6-4-3-5-11(12)17/h3-6,9-10,17H,7-8H2,1-2H3. The van der Waals surface area contributed by atoms with Gasteiger partial charge in [-0.1, -0.05) is 26.0 Å². The third-order valence-electron chi connectivity index (χ3n) is 2.46. The van der Waals surface area contributed by atoms with Crippen LogP contribution in [-0.2, 0) is 13.2 Å². The van der Waals surface area contributed by atoms with Gasteiger partial charge in [-0.3, -0.25) is 0 Å². The molecule has 0 aliphatic carbocycles. The predicted molar refractivity (Wildman–Crippen MR) is 67.3 cm³/mol. The SMILES string of the molecule is CC(C)Cn1ncnc1COc1ccccc1O. The minimum atomic E-state index is 0.132. The first-order valence-electron chi connectivity index (χ1n) is 5.94. The summed E-state index contributed by atoms with van der Waals surface area (Å²) < 4.78 is 7.35. The van der Waals surface area contributed by atoms with Crippen molar-refractivity contribution in [1.29, 1.82) is 0 Å². The number of para-hydroxylation sites is 2. The molecular weight excluding hydrogens is 230 g/mol. The molecule has 0 saturated carbocycles. The fourth-order valence-electron chi connectivity index (χ4n) is 1.62. The Labute approximate surface area is 106 Å². The molecular formula is C13H17N3O2. The molecule has 0 amide bonds. The Hall–Kier alpha value is -2.04. The molecule has 2 aromatic rings. The molecule has 1 N–H and O–H groups in total. The number of aromatic nitrogens is 3. The predicted octanol–water partition coefficient (Wildman–Crippen LogP) is 2.22. The van der Waals surface area contributed by atoms with Gasteiger partial charge in [-0.15, -0.1) is 0 Å². The summed E-state index contributed by atoms with van der Waals surface area (Å²) in [5.41, 5.74) is 0. The highest BCUT2D eigenvalue weighted by molar-refractivity contribution is 5.37. The monoisotopic (exact) mass is 247 g/mol. The summed E-state index contributed by atoms with van der Waals surface area (Å²) in [7, 11) is 0. The van der Waals surface area contributed by atoms with Crippen LogP contribution in [0.25, 0.3) is 0 Å². The second-order valence-corrected chi connectivity index (χ2v) is 4.51. The highest BCUT2D eigenvalue weighted by Crippen LogP contribution is 2.24. The highest BCUT2D eigenvalue weighted by Gasteiger charge is 2.08. The van der Waals surface area contributed by atoms with Crippen LogP contribution in [0.1, 0.15) is 19.7 Å². The molecule has 5 heteroatoms. The third kappa shape index (κ3) is 3.00. The van der Waals surface area contributed by atoms with Crippen LogP contribution in [0.4, 0.5) is 0 Å². The van der Waals surface area contributed by atoms with E-state index in [1.54, 1.807) is 18.2 Å². The average molecular weight is 247 g/mol. The van der Waals surface area contributed by atoms with Crippen LogP contribution in [-0.4, -0.2) is 19.9 Å². The lowest BCUT2D eigenvalue weighted by Gasteiger charge is -2.10. The minimum absolute atomic E-state index is 0.132. The zero-order valence-corrected chi connectivity index (χ0v) is 10.6. The van der Waals surface area contributed by atoms with Gasteiger partial charge in [-0.25, -0.2) is 9.67 Å². The Balaban J connectivity index is 2.02. The van der Waals surface area contributed by atoms with E-state index >= 15 is 0 Å². The molecule has 0 aliphatic rings. The Kier molecular flexibility index (Phi) is 3.82. The molecule has 96 valence electrons. The summed E-state index contributed by atoms with van der Waals surface area (Å²) in [6, 6.07) is 6.88. The van der Waals surface area contributed by atoms with Gasteiger partial charge < -0.3 is 9.84 Å². The molecule has 0 saturated heterocycles. The van der Waals surface area contributed by atoms with Gasteiger partial charge in [0, 0.05) is 6.54 Å². The van der Waals surface area contributed by atoms with E-state index < -0.39 is 0 Å². The topological polar surface area (TPSA) is 60.2 Å². The number of hydrogen-bond acceptors (Lipinski definition) is 4. The number of benzene rings is 1. The van der Waals surface area contributed by atoms with Crippen molar-refractivity contribution in [3.05, 3.63) is 36.4 Å². The average Bonchev–Trinajstić information content (AvgIpc) is 2.75. The van der Waals surface area contributed by atoms with Crippen LogP contribution in [0.5, 0.6) is 11.5 Å². The number of rotatable bonds is 5. The highest BCUT2D eigenvalue weighted by atomic mass is 16.5. The number of phenolic OH excluding ortho intramolecular Hbond substituents is 1. The summed E-state index contributed by atoms with van der Waals surface area (Å²) in [6.45, 7) is 5.34. The molecule has 5 nitrogen and oxygen atoms in total. The lowest BCUT2D eigenvalue weighted by molar-refractivity contribution is 0.269. The molecule has 0 spiro atoms. The van der Waals surface area contributed by atoms with E-state index in [4.69, 9.17) is 4.74 Å². The van der Waals surface area contributed by atoms with Crippen LogP contribution >= 0.6 is 0 Å². The first-order chi connectivity index (χ1) is 8.66. The van der Waals surface area contributed by atoms with E-state index in [1.165, 1.54) is 6.33 Å². The first kappa shape index (κ1) is 12.4. The molecule has 1 heterocycles. The molecule has 0 radical (unpaired) electrons. The lowest BCUT2D eigenvalue weighted by atomic mass is 10.2. The maximum absolute atomic E-state index is 9.59. The largest absolute Gasteiger partial charge is 0.504 e. The molecule has 2 rings (SSSR count).